The van der Waals surface area contributed by atoms with Gasteiger partial charge in [-0.2, -0.15) is 43.9 Å². The maximum Gasteiger partial charge on any atom is 0.459 e. The smallest absolute Gasteiger partial charge is 0.459 e. The molecule has 0 aliphatic rings. The second-order valence-electron chi connectivity index (χ2n) is 5.61. The second-order valence-corrected chi connectivity index (χ2v) is 7.84. The third-order valence-electron chi connectivity index (χ3n) is 2.62. The molecule has 0 fully saturated rings. The number of hydrogen-bond donors (Lipinski definition) is 0. The third-order valence-corrected chi connectivity index (χ3v) is 4.61. The Kier molecular flexibility index (Phi) is 8.72. The summed E-state index contributed by atoms with van der Waals surface area (Å²) < 4.78 is 129. The first-order chi connectivity index (χ1) is 11.5. The number of alkyl halides is 10. The van der Waals surface area contributed by atoms with Crippen LogP contribution in [-0.4, -0.2) is 86.3 Å². The van der Waals surface area contributed by atoms with E-state index in [-0.39, 0.29) is 0 Å². The molecule has 0 unspecified atom stereocenters. The van der Waals surface area contributed by atoms with E-state index in [1.807, 2.05) is 42.3 Å². The summed E-state index contributed by atoms with van der Waals surface area (Å²) in [5.41, 5.74) is -14.4. The molecule has 0 saturated heterocycles. The summed E-state index contributed by atoms with van der Waals surface area (Å²) in [6.45, 7) is 0. The summed E-state index contributed by atoms with van der Waals surface area (Å²) in [5, 5.41) is 0. The van der Waals surface area contributed by atoms with Crippen molar-refractivity contribution in [1.29, 1.82) is 0 Å². The molecule has 0 N–H and O–H groups in total. The van der Waals surface area contributed by atoms with Gasteiger partial charge in [0.1, 0.15) is 0 Å². The van der Waals surface area contributed by atoms with E-state index < -0.39 is 31.0 Å². The van der Waals surface area contributed by atoms with E-state index in [0.29, 0.717) is 0 Å². The van der Waals surface area contributed by atoms with Gasteiger partial charge in [0.2, 0.25) is 0 Å². The maximum absolute atomic E-state index is 12.1. The van der Waals surface area contributed by atoms with Crippen LogP contribution in [-0.2, 0) is 4.57 Å². The predicted octanol–water partition coefficient (Wildman–Crippen LogP) is 2.67. The van der Waals surface area contributed by atoms with Crippen LogP contribution in [0.1, 0.15) is 0 Å². The van der Waals surface area contributed by atoms with Crippen molar-refractivity contribution in [3.8, 4) is 0 Å². The van der Waals surface area contributed by atoms with Crippen molar-refractivity contribution in [2.75, 3.05) is 42.3 Å². The first kappa shape index (κ1) is 28.0. The average molecular weight is 445 g/mol. The van der Waals surface area contributed by atoms with Crippen molar-refractivity contribution < 1.29 is 57.9 Å². The van der Waals surface area contributed by atoms with Gasteiger partial charge >= 0.3 is 29.6 Å². The predicted molar refractivity (Wildman–Crippen MR) is 74.1 cm³/mol. The van der Waals surface area contributed by atoms with E-state index in [0.717, 1.165) is 0 Å². The minimum atomic E-state index is -8.51. The van der Waals surface area contributed by atoms with E-state index in [1.165, 1.54) is 5.96 Å². The fourth-order valence-corrected chi connectivity index (χ4v) is 2.73. The van der Waals surface area contributed by atoms with Gasteiger partial charge in [-0.15, -0.1) is 0 Å². The van der Waals surface area contributed by atoms with Crippen molar-refractivity contribution in [2.45, 2.75) is 23.7 Å². The first-order valence-electron chi connectivity index (χ1n) is 6.56. The summed E-state index contributed by atoms with van der Waals surface area (Å²) in [5.74, 6) is 1.19. The monoisotopic (exact) mass is 445 g/mol. The maximum atomic E-state index is 12.1. The molecular formula is C11H18F10N3O2P. The van der Waals surface area contributed by atoms with Crippen LogP contribution in [0.3, 0.4) is 0 Å². The summed E-state index contributed by atoms with van der Waals surface area (Å²) in [6, 6.07) is 0. The molecule has 16 heteroatoms. The molecule has 0 atom stereocenters. The lowest BCUT2D eigenvalue weighted by Gasteiger charge is -2.38. The second kappa shape index (κ2) is 8.41. The van der Waals surface area contributed by atoms with Crippen LogP contribution in [0.4, 0.5) is 43.9 Å². The molecule has 0 aromatic heterocycles. The lowest BCUT2D eigenvalue weighted by molar-refractivity contribution is -0.475. The van der Waals surface area contributed by atoms with Crippen molar-refractivity contribution in [1.82, 2.24) is 9.80 Å². The summed E-state index contributed by atoms with van der Waals surface area (Å²) in [4.78, 5) is 14.2. The van der Waals surface area contributed by atoms with Crippen LogP contribution in [0.15, 0.2) is 0 Å². The quantitative estimate of drug-likeness (QED) is 0.216. The standard InChI is InChI=1S/C7H18N3.C4HF10O2P/c1-8(2)7(9(3)4)10(5)6;5-1(6,7)3(11,12)17(15,16)4(13,14)2(8,9)10/h1-6H3;(H,15,16)/q+1;/p-1. The third kappa shape index (κ3) is 5.87. The van der Waals surface area contributed by atoms with Crippen LogP contribution in [0, 0.1) is 0 Å². The van der Waals surface area contributed by atoms with E-state index in [9.17, 15) is 53.4 Å². The molecule has 0 radical (unpaired) electrons. The van der Waals surface area contributed by atoms with Crippen LogP contribution in [0.25, 0.3) is 0 Å². The Bertz CT molecular complexity index is 540. The fourth-order valence-electron chi connectivity index (χ4n) is 1.71. The molecule has 0 aromatic rings. The van der Waals surface area contributed by atoms with E-state index in [4.69, 9.17) is 0 Å². The van der Waals surface area contributed by atoms with Gasteiger partial charge in [-0.25, -0.2) is 0 Å². The summed E-state index contributed by atoms with van der Waals surface area (Å²) in [6.07, 6.45) is -14.2. The Balaban J connectivity index is 0. The molecule has 0 aromatic carbocycles. The molecule has 0 spiro atoms. The lowest BCUT2D eigenvalue weighted by Crippen LogP contribution is -2.50. The van der Waals surface area contributed by atoms with E-state index in [1.54, 1.807) is 0 Å². The number of guanidine groups is 1. The van der Waals surface area contributed by atoms with Crippen molar-refractivity contribution in [3.63, 3.8) is 0 Å². The molecule has 0 heterocycles. The molecule has 164 valence electrons. The van der Waals surface area contributed by atoms with E-state index in [2.05, 4.69) is 14.4 Å². The average Bonchev–Trinajstić information content (AvgIpc) is 2.34. The van der Waals surface area contributed by atoms with Gasteiger partial charge in [0.25, 0.3) is 0 Å². The zero-order valence-corrected chi connectivity index (χ0v) is 15.8. The first-order valence-corrected chi connectivity index (χ1v) is 8.18. The molecule has 0 rings (SSSR count). The number of halogens is 10. The van der Waals surface area contributed by atoms with Crippen LogP contribution >= 0.6 is 7.37 Å². The van der Waals surface area contributed by atoms with Crippen LogP contribution in [0.5, 0.6) is 0 Å². The fraction of sp³-hybridized carbons (Fsp3) is 0.909. The Morgan fingerprint density at radius 2 is 0.963 bits per heavy atom. The summed E-state index contributed by atoms with van der Waals surface area (Å²) in [7, 11) is 3.71. The van der Waals surface area contributed by atoms with Gasteiger partial charge in [-0.3, -0.25) is 14.4 Å². The van der Waals surface area contributed by atoms with Crippen molar-refractivity contribution in [3.05, 3.63) is 0 Å². The van der Waals surface area contributed by atoms with Gasteiger partial charge in [0, 0.05) is 0 Å². The normalized spacial score (nSPS) is 13.5. The van der Waals surface area contributed by atoms with E-state index >= 15 is 0 Å². The molecule has 27 heavy (non-hydrogen) atoms. The Morgan fingerprint density at radius 1 is 0.741 bits per heavy atom. The highest BCUT2D eigenvalue weighted by molar-refractivity contribution is 7.59. The molecule has 5 nitrogen and oxygen atoms in total. The van der Waals surface area contributed by atoms with Crippen molar-refractivity contribution >= 4 is 13.3 Å². The Morgan fingerprint density at radius 3 is 1.04 bits per heavy atom. The molecule has 0 aliphatic carbocycles. The van der Waals surface area contributed by atoms with Gasteiger partial charge < -0.3 is 9.46 Å². The SMILES string of the molecule is CN(C)C(N(C)C)=[N+](C)C.O=P([O-])(C(F)(F)C(F)(F)F)C(F)(F)C(F)(F)F. The van der Waals surface area contributed by atoms with Crippen LogP contribution < -0.4 is 4.89 Å². The topological polar surface area (TPSA) is 49.6 Å². The largest absolute Gasteiger partial charge is 0.790 e. The van der Waals surface area contributed by atoms with Crippen LogP contribution in [0.2, 0.25) is 0 Å². The highest BCUT2D eigenvalue weighted by Gasteiger charge is 2.78. The van der Waals surface area contributed by atoms with Gasteiger partial charge in [0.05, 0.1) is 42.3 Å². The van der Waals surface area contributed by atoms with Crippen molar-refractivity contribution in [2.24, 2.45) is 0 Å². The zero-order valence-electron chi connectivity index (χ0n) is 14.9. The molecule has 0 aliphatic heterocycles. The minimum absolute atomic E-state index is 1.19. The van der Waals surface area contributed by atoms with Gasteiger partial charge in [-0.1, -0.05) is 0 Å². The number of nitrogens with zero attached hydrogens (tertiary/aromatic N) is 3. The van der Waals surface area contributed by atoms with Gasteiger partial charge in [0.15, 0.2) is 7.37 Å². The van der Waals surface area contributed by atoms with Gasteiger partial charge in [-0.05, 0) is 0 Å². The molecule has 0 bridgehead atoms. The minimum Gasteiger partial charge on any atom is -0.790 e. The highest BCUT2D eigenvalue weighted by atomic mass is 31.2. The number of hydrogen-bond acceptors (Lipinski definition) is 2. The summed E-state index contributed by atoms with van der Waals surface area (Å²) >= 11 is 0. The molecule has 0 amide bonds. The Hall–Kier alpha value is -1.24. The number of rotatable bonds is 2. The molecule has 0 saturated carbocycles. The lowest BCUT2D eigenvalue weighted by atomic mass is 10.7. The zero-order chi connectivity index (χ0) is 22.8. The Labute approximate surface area is 148 Å². The molecular weight excluding hydrogens is 427 g/mol. The highest BCUT2D eigenvalue weighted by Crippen LogP contribution is 2.72.